The normalized spacial score (nSPS) is 25.6. The van der Waals surface area contributed by atoms with Crippen LogP contribution in [-0.4, -0.2) is 11.3 Å². The standard InChI is InChI=1S/C13H20N2S/c1-9-8-10(6-7-11(9)14)16-13-5-3-2-4-12(13)15/h6-8,12-13H,2-5,14-15H2,1H3. The van der Waals surface area contributed by atoms with Crippen LogP contribution in [0.1, 0.15) is 31.2 Å². The lowest BCUT2D eigenvalue weighted by Crippen LogP contribution is -2.35. The number of rotatable bonds is 2. The van der Waals surface area contributed by atoms with Gasteiger partial charge in [0.05, 0.1) is 0 Å². The van der Waals surface area contributed by atoms with E-state index in [1.165, 1.54) is 30.6 Å². The molecular weight excluding hydrogens is 216 g/mol. The van der Waals surface area contributed by atoms with Crippen LogP contribution in [0.15, 0.2) is 23.1 Å². The maximum atomic E-state index is 6.15. The molecule has 1 aromatic rings. The Labute approximate surface area is 102 Å². The zero-order chi connectivity index (χ0) is 11.5. The van der Waals surface area contributed by atoms with Gasteiger partial charge in [-0.1, -0.05) is 12.8 Å². The third kappa shape index (κ3) is 2.71. The third-order valence-electron chi connectivity index (χ3n) is 3.28. The molecule has 0 spiro atoms. The van der Waals surface area contributed by atoms with Gasteiger partial charge in [0.1, 0.15) is 0 Å². The van der Waals surface area contributed by atoms with E-state index in [4.69, 9.17) is 11.5 Å². The van der Waals surface area contributed by atoms with Crippen molar-refractivity contribution in [2.24, 2.45) is 5.73 Å². The fourth-order valence-corrected chi connectivity index (χ4v) is 3.50. The molecule has 3 heteroatoms. The van der Waals surface area contributed by atoms with Crippen LogP contribution in [0.5, 0.6) is 0 Å². The van der Waals surface area contributed by atoms with Gasteiger partial charge in [-0.25, -0.2) is 0 Å². The number of nitrogen functional groups attached to an aromatic ring is 1. The Hall–Kier alpha value is -0.670. The zero-order valence-corrected chi connectivity index (χ0v) is 10.6. The van der Waals surface area contributed by atoms with Gasteiger partial charge in [-0.3, -0.25) is 0 Å². The highest BCUT2D eigenvalue weighted by Gasteiger charge is 2.22. The van der Waals surface area contributed by atoms with Crippen molar-refractivity contribution < 1.29 is 0 Å². The molecule has 2 atom stereocenters. The van der Waals surface area contributed by atoms with Crippen molar-refractivity contribution in [2.75, 3.05) is 5.73 Å². The highest BCUT2D eigenvalue weighted by molar-refractivity contribution is 8.00. The van der Waals surface area contributed by atoms with E-state index in [0.29, 0.717) is 11.3 Å². The van der Waals surface area contributed by atoms with Crippen LogP contribution in [0.2, 0.25) is 0 Å². The number of hydrogen-bond acceptors (Lipinski definition) is 3. The summed E-state index contributed by atoms with van der Waals surface area (Å²) in [6.45, 7) is 2.06. The summed E-state index contributed by atoms with van der Waals surface area (Å²) in [4.78, 5) is 1.30. The maximum absolute atomic E-state index is 6.15. The first-order valence-electron chi connectivity index (χ1n) is 5.95. The smallest absolute Gasteiger partial charge is 0.0344 e. The summed E-state index contributed by atoms with van der Waals surface area (Å²) < 4.78 is 0. The first kappa shape index (κ1) is 11.8. The molecule has 88 valence electrons. The molecule has 2 unspecified atom stereocenters. The molecule has 1 saturated carbocycles. The number of nitrogens with two attached hydrogens (primary N) is 2. The lowest BCUT2D eigenvalue weighted by molar-refractivity contribution is 0.453. The molecule has 0 bridgehead atoms. The second kappa shape index (κ2) is 5.11. The second-order valence-corrected chi connectivity index (χ2v) is 5.94. The zero-order valence-electron chi connectivity index (χ0n) is 9.78. The molecule has 0 amide bonds. The Morgan fingerprint density at radius 2 is 2.00 bits per heavy atom. The van der Waals surface area contributed by atoms with Crippen molar-refractivity contribution in [2.45, 2.75) is 48.8 Å². The van der Waals surface area contributed by atoms with Crippen molar-refractivity contribution in [1.82, 2.24) is 0 Å². The monoisotopic (exact) mass is 236 g/mol. The molecule has 2 nitrogen and oxygen atoms in total. The van der Waals surface area contributed by atoms with Gasteiger partial charge in [0.2, 0.25) is 0 Å². The second-order valence-electron chi connectivity index (χ2n) is 4.62. The molecule has 0 saturated heterocycles. The predicted octanol–water partition coefficient (Wildman–Crippen LogP) is 2.94. The lowest BCUT2D eigenvalue weighted by Gasteiger charge is -2.28. The number of hydrogen-bond donors (Lipinski definition) is 2. The van der Waals surface area contributed by atoms with E-state index in [0.717, 1.165) is 11.3 Å². The molecule has 2 rings (SSSR count). The van der Waals surface area contributed by atoms with Crippen LogP contribution in [-0.2, 0) is 0 Å². The SMILES string of the molecule is Cc1cc(SC2CCCCC2N)ccc1N. The van der Waals surface area contributed by atoms with Crippen LogP contribution >= 0.6 is 11.8 Å². The van der Waals surface area contributed by atoms with E-state index >= 15 is 0 Å². The Morgan fingerprint density at radius 3 is 2.69 bits per heavy atom. The molecule has 1 aliphatic carbocycles. The van der Waals surface area contributed by atoms with Crippen LogP contribution in [0.4, 0.5) is 5.69 Å². The Kier molecular flexibility index (Phi) is 3.77. The summed E-state index contributed by atoms with van der Waals surface area (Å²) >= 11 is 1.91. The van der Waals surface area contributed by atoms with Gasteiger partial charge in [-0.05, 0) is 43.5 Å². The van der Waals surface area contributed by atoms with E-state index in [-0.39, 0.29) is 0 Å². The van der Waals surface area contributed by atoms with Crippen molar-refractivity contribution in [1.29, 1.82) is 0 Å². The summed E-state index contributed by atoms with van der Waals surface area (Å²) in [7, 11) is 0. The Balaban J connectivity index is 2.05. The van der Waals surface area contributed by atoms with Gasteiger partial charge in [0, 0.05) is 21.9 Å². The number of thioether (sulfide) groups is 1. The summed E-state index contributed by atoms with van der Waals surface area (Å²) in [6.07, 6.45) is 5.03. The molecule has 0 aromatic heterocycles. The third-order valence-corrected chi connectivity index (χ3v) is 4.70. The average Bonchev–Trinajstić information content (AvgIpc) is 2.27. The Morgan fingerprint density at radius 1 is 1.25 bits per heavy atom. The highest BCUT2D eigenvalue weighted by Crippen LogP contribution is 2.34. The van der Waals surface area contributed by atoms with E-state index in [9.17, 15) is 0 Å². The highest BCUT2D eigenvalue weighted by atomic mass is 32.2. The minimum Gasteiger partial charge on any atom is -0.399 e. The number of anilines is 1. The number of benzene rings is 1. The van der Waals surface area contributed by atoms with Crippen LogP contribution in [0.25, 0.3) is 0 Å². The van der Waals surface area contributed by atoms with Crippen molar-refractivity contribution in [3.05, 3.63) is 23.8 Å². The van der Waals surface area contributed by atoms with Crippen LogP contribution in [0.3, 0.4) is 0 Å². The van der Waals surface area contributed by atoms with E-state index in [2.05, 4.69) is 19.1 Å². The molecule has 0 radical (unpaired) electrons. The molecule has 0 heterocycles. The molecule has 0 aliphatic heterocycles. The lowest BCUT2D eigenvalue weighted by atomic mass is 9.96. The largest absolute Gasteiger partial charge is 0.399 e. The van der Waals surface area contributed by atoms with Gasteiger partial charge in [0.25, 0.3) is 0 Å². The van der Waals surface area contributed by atoms with Crippen molar-refractivity contribution in [3.8, 4) is 0 Å². The molecule has 4 N–H and O–H groups in total. The Bertz CT molecular complexity index is 365. The molecule has 1 aliphatic rings. The summed E-state index contributed by atoms with van der Waals surface area (Å²) in [5.41, 5.74) is 14.0. The fourth-order valence-electron chi connectivity index (χ4n) is 2.17. The quantitative estimate of drug-likeness (QED) is 0.776. The van der Waals surface area contributed by atoms with Gasteiger partial charge in [-0.15, -0.1) is 11.8 Å². The molecule has 1 aromatic carbocycles. The predicted molar refractivity (Wildman–Crippen MR) is 71.7 cm³/mol. The van der Waals surface area contributed by atoms with Crippen LogP contribution in [0, 0.1) is 6.92 Å². The minimum absolute atomic E-state index is 0.358. The van der Waals surface area contributed by atoms with Gasteiger partial charge < -0.3 is 11.5 Å². The molecular formula is C13H20N2S. The van der Waals surface area contributed by atoms with Crippen LogP contribution < -0.4 is 11.5 Å². The van der Waals surface area contributed by atoms with E-state index < -0.39 is 0 Å². The van der Waals surface area contributed by atoms with Crippen molar-refractivity contribution >= 4 is 17.4 Å². The molecule has 1 fully saturated rings. The van der Waals surface area contributed by atoms with E-state index in [1.807, 2.05) is 17.8 Å². The maximum Gasteiger partial charge on any atom is 0.0344 e. The summed E-state index contributed by atoms with van der Waals surface area (Å²) in [5.74, 6) is 0. The molecule has 16 heavy (non-hydrogen) atoms. The average molecular weight is 236 g/mol. The topological polar surface area (TPSA) is 52.0 Å². The van der Waals surface area contributed by atoms with Gasteiger partial charge in [0.15, 0.2) is 0 Å². The fraction of sp³-hybridized carbons (Fsp3) is 0.538. The number of aryl methyl sites for hydroxylation is 1. The minimum atomic E-state index is 0.358. The van der Waals surface area contributed by atoms with E-state index in [1.54, 1.807) is 0 Å². The first-order chi connectivity index (χ1) is 7.66. The van der Waals surface area contributed by atoms with Crippen molar-refractivity contribution in [3.63, 3.8) is 0 Å². The van der Waals surface area contributed by atoms with Gasteiger partial charge in [-0.2, -0.15) is 0 Å². The van der Waals surface area contributed by atoms with Gasteiger partial charge >= 0.3 is 0 Å². The summed E-state index contributed by atoms with van der Waals surface area (Å²) in [6, 6.07) is 6.62. The first-order valence-corrected chi connectivity index (χ1v) is 6.83. The summed E-state index contributed by atoms with van der Waals surface area (Å²) in [5, 5.41) is 0.580.